The molecule has 51 heteroatoms. The highest BCUT2D eigenvalue weighted by molar-refractivity contribution is 5.76. The fourth-order valence-corrected chi connectivity index (χ4v) is 20.2. The molecule has 9 aliphatic rings. The van der Waals surface area contributed by atoms with Crippen LogP contribution >= 0.6 is 0 Å². The van der Waals surface area contributed by atoms with E-state index in [1.54, 1.807) is 6.08 Å². The summed E-state index contributed by atoms with van der Waals surface area (Å²) >= 11 is 0. The molecule has 9 saturated heterocycles. The minimum Gasteiger partial charge on any atom is -0.394 e. The molecule has 51 nitrogen and oxygen atoms in total. The van der Waals surface area contributed by atoms with Crippen LogP contribution < -0.4 is 21.3 Å². The van der Waals surface area contributed by atoms with E-state index in [1.807, 2.05) is 6.08 Å². The van der Waals surface area contributed by atoms with Gasteiger partial charge in [-0.25, -0.2) is 0 Å². The predicted molar refractivity (Wildman–Crippen MR) is 511 cm³/mol. The zero-order valence-electron chi connectivity index (χ0n) is 86.0. The lowest BCUT2D eigenvalue weighted by molar-refractivity contribution is -0.404. The van der Waals surface area contributed by atoms with Gasteiger partial charge in [0.25, 0.3) is 0 Å². The molecule has 868 valence electrons. The largest absolute Gasteiger partial charge is 0.394 e. The third-order valence-electron chi connectivity index (χ3n) is 28.9. The fraction of sp³-hybridized carbons (Fsp3) is 0.939. The average Bonchev–Trinajstić information content (AvgIpc) is 0.760. The molecule has 29 N–H and O–H groups in total. The molecule has 0 spiro atoms. The number of aliphatic hydroxyl groups excluding tert-OH is 25. The highest BCUT2D eigenvalue weighted by Crippen LogP contribution is 2.42. The number of hydrogen-bond acceptors (Lipinski definition) is 47. The van der Waals surface area contributed by atoms with Gasteiger partial charge in [-0.05, 0) is 26.2 Å². The van der Waals surface area contributed by atoms with E-state index in [0.717, 1.165) is 78.6 Å². The first-order chi connectivity index (χ1) is 71.4. The monoisotopic (exact) mass is 2160 g/mol. The van der Waals surface area contributed by atoms with E-state index in [0.29, 0.717) is 12.8 Å². The summed E-state index contributed by atoms with van der Waals surface area (Å²) in [7, 11) is 0. The van der Waals surface area contributed by atoms with Crippen molar-refractivity contribution in [2.45, 2.75) is 522 Å². The summed E-state index contributed by atoms with van der Waals surface area (Å²) in [4.78, 5) is 53.4. The van der Waals surface area contributed by atoms with Crippen molar-refractivity contribution >= 4 is 23.6 Å². The summed E-state index contributed by atoms with van der Waals surface area (Å²) in [6.45, 7) is -0.861. The van der Waals surface area contributed by atoms with E-state index in [2.05, 4.69) is 35.1 Å². The second kappa shape index (κ2) is 65.4. The number of carbonyl (C=O) groups is 4. The number of ether oxygens (including phenoxy) is 18. The van der Waals surface area contributed by atoms with Crippen LogP contribution in [0.2, 0.25) is 0 Å². The Kier molecular flexibility index (Phi) is 56.4. The first-order valence-corrected chi connectivity index (χ1v) is 53.4. The molecule has 4 amide bonds. The zero-order chi connectivity index (χ0) is 109. The summed E-state index contributed by atoms with van der Waals surface area (Å²) in [5.41, 5.74) is 0. The highest BCUT2D eigenvalue weighted by Gasteiger charge is 2.62. The Morgan fingerprint density at radius 2 is 0.564 bits per heavy atom. The van der Waals surface area contributed by atoms with Gasteiger partial charge in [0.15, 0.2) is 56.6 Å². The predicted octanol–water partition coefficient (Wildman–Crippen LogP) is -7.00. The second-order valence-corrected chi connectivity index (χ2v) is 40.5. The zero-order valence-corrected chi connectivity index (χ0v) is 86.0. The topological polar surface area (TPSA) is 788 Å². The van der Waals surface area contributed by atoms with Crippen molar-refractivity contribution in [2.24, 2.45) is 0 Å². The van der Waals surface area contributed by atoms with Crippen LogP contribution in [0.4, 0.5) is 0 Å². The maximum absolute atomic E-state index is 13.7. The van der Waals surface area contributed by atoms with Crippen molar-refractivity contribution < 1.29 is 232 Å². The molecule has 9 rings (SSSR count). The maximum atomic E-state index is 13.7. The number of nitrogens with one attached hydrogen (secondary N) is 4. The number of aliphatic hydroxyl groups is 25. The van der Waals surface area contributed by atoms with Crippen molar-refractivity contribution in [2.75, 3.05) is 59.5 Å². The van der Waals surface area contributed by atoms with Gasteiger partial charge in [-0.3, -0.25) is 19.2 Å². The number of amides is 4. The Hall–Kier alpha value is -4.10. The normalized spacial score (nSPS) is 40.2. The van der Waals surface area contributed by atoms with E-state index < -0.39 is 365 Å². The summed E-state index contributed by atoms with van der Waals surface area (Å²) in [5, 5.41) is 295. The second-order valence-electron chi connectivity index (χ2n) is 40.5. The van der Waals surface area contributed by atoms with Crippen LogP contribution in [0, 0.1) is 0 Å². The molecule has 0 aromatic carbocycles. The van der Waals surface area contributed by atoms with Crippen molar-refractivity contribution in [1.82, 2.24) is 21.3 Å². The van der Waals surface area contributed by atoms with Gasteiger partial charge in [0.1, 0.15) is 213 Å². The number of rotatable bonds is 63. The van der Waals surface area contributed by atoms with Crippen LogP contribution in [0.15, 0.2) is 12.2 Å². The van der Waals surface area contributed by atoms with Crippen LogP contribution in [0.3, 0.4) is 0 Å². The van der Waals surface area contributed by atoms with Crippen molar-refractivity contribution in [1.29, 1.82) is 0 Å². The molecular weight excluding hydrogens is 1990 g/mol. The number of hydrogen-bond donors (Lipinski definition) is 29. The number of unbranched alkanes of at least 4 members (excludes halogenated alkanes) is 27. The summed E-state index contributed by atoms with van der Waals surface area (Å²) < 4.78 is 109. The molecule has 0 saturated carbocycles. The van der Waals surface area contributed by atoms with Crippen LogP contribution in [0.25, 0.3) is 0 Å². The van der Waals surface area contributed by atoms with Crippen LogP contribution in [-0.2, 0) is 104 Å². The minimum absolute atomic E-state index is 0.144. The Bertz CT molecular complexity index is 3760. The van der Waals surface area contributed by atoms with Gasteiger partial charge in [0.2, 0.25) is 23.6 Å². The molecule has 0 aromatic heterocycles. The Balaban J connectivity index is 0.870. The third-order valence-corrected chi connectivity index (χ3v) is 28.9. The molecule has 149 heavy (non-hydrogen) atoms. The summed E-state index contributed by atoms with van der Waals surface area (Å²) in [5.74, 6) is -3.23. The molecule has 0 aromatic rings. The Labute approximate surface area is 867 Å². The van der Waals surface area contributed by atoms with Gasteiger partial charge < -0.3 is 234 Å². The molecule has 47 atom stereocenters. The molecule has 18 unspecified atom stereocenters. The molecule has 9 fully saturated rings. The SMILES string of the molecule is CCCCCCCCCCCCC/C=C/[C@@H](O)[C@H](CO[C@@H]1OC(CO)[C@@H](O[C@@H]2OC(CO)[C@H](O)[C@H](O[C@@H]3OC(CO)[C@@H](O[C@@H]4OC(CO)[C@H](O)[C@H](O[C@@H]5OC(CO)[C@@H](O[C@@H]6OC(CO)[C@H](O)[C@H](O[C@H]7OC(CO)[C@H](O)[C@H](O[C@@H]8OC(CO)[C@H](O)[C@H](O)C8O)C7NC(C)=O)C6O[C@H]6OC(C)[C@@H](O)C(O)[C@@H]6O)[C@H](O)C5NC(C)=O)C4O)[C@H](O)C3NC(C)=O)C2O)[C@H](O)C1O)NC(=O)CCCCCCCCCCCCCCCCCCC. The third kappa shape index (κ3) is 36.2. The van der Waals surface area contributed by atoms with Gasteiger partial charge >= 0.3 is 0 Å². The molecule has 9 aliphatic heterocycles. The molecule has 0 radical (unpaired) electrons. The van der Waals surface area contributed by atoms with Gasteiger partial charge in [-0.15, -0.1) is 0 Å². The fourth-order valence-electron chi connectivity index (χ4n) is 20.2. The van der Waals surface area contributed by atoms with E-state index in [9.17, 15) is 147 Å². The lowest BCUT2D eigenvalue weighted by Gasteiger charge is -2.52. The number of carbonyl (C=O) groups excluding carboxylic acids is 4. The number of allylic oxidation sites excluding steroid dienone is 1. The standard InChI is InChI=1S/C98H174N4O47/c1-7-9-11-13-15-17-19-21-22-23-24-26-28-30-32-34-36-38-62(115)102-52(53(114)37-35-33-31-29-27-25-20-18-16-14-12-10-8-2)47-132-93-79(129)76(126)84(61(46-110)141-93)143-97-81(131)87(70(120)57(42-106)137-97)147-90-63(99-49(4)111)72(122)82(59(44-108)139-90)142-96-80(130)86(69(119)56(41-105)136-96)146-91-64(100-50(5)112)73(123)83(60(45-109)140-91)144-98-89(149-94-77(127)74(124)66(116)48(3)133-94)88(71(121)58(43-107)138-98)148-92-65(101-51(6)113)85(68(118)55(40-104)134-92)145-95-78(128)75(125)67(117)54(39-103)135-95/h35,37,48,52-61,63-98,103-110,114,116-131H,7-34,36,38-47H2,1-6H3,(H,99,111)(H,100,112)(H,101,113)(H,102,115)/b37-35+/t48?,52-,53+,54?,55?,56?,57?,58?,59?,60?,61?,63?,64?,65?,66+,67-,68-,69-,70-,71-,72+,73+,74?,75-,76+,77-,78?,79?,80?,81?,82+,83+,84+,85+,86-,87-,88-,89?,90-,91-,92+,93+,94+,95-,96-,97-,98-/m0/s1. The van der Waals surface area contributed by atoms with E-state index in [4.69, 9.17) is 85.3 Å². The molecule has 0 aliphatic carbocycles. The van der Waals surface area contributed by atoms with E-state index >= 15 is 0 Å². The van der Waals surface area contributed by atoms with E-state index in [-0.39, 0.29) is 12.3 Å². The minimum atomic E-state index is -2.42. The highest BCUT2D eigenvalue weighted by atomic mass is 16.8. The van der Waals surface area contributed by atoms with Crippen molar-refractivity contribution in [3.63, 3.8) is 0 Å². The van der Waals surface area contributed by atoms with E-state index in [1.165, 1.54) is 122 Å². The molecule has 9 heterocycles. The maximum Gasteiger partial charge on any atom is 0.220 e. The van der Waals surface area contributed by atoms with Crippen molar-refractivity contribution in [3.05, 3.63) is 12.2 Å². The van der Waals surface area contributed by atoms with Crippen LogP contribution in [0.5, 0.6) is 0 Å². The quantitative estimate of drug-likeness (QED) is 0.0199. The van der Waals surface area contributed by atoms with Crippen molar-refractivity contribution in [3.8, 4) is 0 Å². The van der Waals surface area contributed by atoms with Gasteiger partial charge in [-0.2, -0.15) is 0 Å². The Morgan fingerprint density at radius 3 is 0.980 bits per heavy atom. The van der Waals surface area contributed by atoms with Gasteiger partial charge in [0, 0.05) is 27.2 Å². The molecule has 0 bridgehead atoms. The first-order valence-electron chi connectivity index (χ1n) is 53.4. The average molecular weight is 2160 g/mol. The van der Waals surface area contributed by atoms with Crippen LogP contribution in [0.1, 0.15) is 234 Å². The van der Waals surface area contributed by atoms with Gasteiger partial charge in [0.05, 0.1) is 77.7 Å². The first kappa shape index (κ1) is 128. The summed E-state index contributed by atoms with van der Waals surface area (Å²) in [6.07, 6.45) is -51.1. The Morgan fingerprint density at radius 1 is 0.275 bits per heavy atom. The lowest BCUT2D eigenvalue weighted by Crippen LogP contribution is -2.71. The smallest absolute Gasteiger partial charge is 0.220 e. The lowest BCUT2D eigenvalue weighted by atomic mass is 9.93. The molecular formula is C98H174N4O47. The summed E-state index contributed by atoms with van der Waals surface area (Å²) in [6, 6.07) is -7.00. The van der Waals surface area contributed by atoms with Crippen LogP contribution in [-0.4, -0.2) is 499 Å². The van der Waals surface area contributed by atoms with Gasteiger partial charge in [-0.1, -0.05) is 193 Å².